The number of aliphatic hydroxyl groups is 2. The predicted octanol–water partition coefficient (Wildman–Crippen LogP) is 0.608. The van der Waals surface area contributed by atoms with Gasteiger partial charge in [0.15, 0.2) is 0 Å². The fourth-order valence-electron chi connectivity index (χ4n) is 1.27. The van der Waals surface area contributed by atoms with E-state index in [1.807, 2.05) is 30.3 Å². The molecule has 0 atom stereocenters. The van der Waals surface area contributed by atoms with Crippen LogP contribution in [0.5, 0.6) is 0 Å². The summed E-state index contributed by atoms with van der Waals surface area (Å²) < 4.78 is 5.04. The third kappa shape index (κ3) is 4.05. The highest BCUT2D eigenvalue weighted by Gasteiger charge is 2.19. The van der Waals surface area contributed by atoms with E-state index >= 15 is 0 Å². The lowest BCUT2D eigenvalue weighted by Crippen LogP contribution is -2.42. The molecule has 0 bridgehead atoms. The number of hydrogen-bond acceptors (Lipinski definition) is 4. The van der Waals surface area contributed by atoms with Crippen LogP contribution in [0.4, 0.5) is 4.79 Å². The van der Waals surface area contributed by atoms with Crippen LogP contribution < -0.4 is 0 Å². The van der Waals surface area contributed by atoms with Crippen molar-refractivity contribution in [2.75, 3.05) is 20.3 Å². The molecule has 17 heavy (non-hydrogen) atoms. The summed E-state index contributed by atoms with van der Waals surface area (Å²) in [5.74, 6) is 0. The summed E-state index contributed by atoms with van der Waals surface area (Å²) in [7, 11) is 1.48. The zero-order valence-corrected chi connectivity index (χ0v) is 9.74. The van der Waals surface area contributed by atoms with Crippen molar-refractivity contribution in [1.29, 1.82) is 0 Å². The van der Waals surface area contributed by atoms with Crippen LogP contribution >= 0.6 is 0 Å². The van der Waals surface area contributed by atoms with Crippen molar-refractivity contribution in [3.63, 3.8) is 0 Å². The maximum absolute atomic E-state index is 11.6. The molecule has 0 radical (unpaired) electrons. The van der Waals surface area contributed by atoms with Crippen molar-refractivity contribution in [2.45, 2.75) is 12.6 Å². The lowest BCUT2D eigenvalue weighted by molar-refractivity contribution is 0.0563. The fourth-order valence-corrected chi connectivity index (χ4v) is 1.27. The average molecular weight is 239 g/mol. The minimum Gasteiger partial charge on any atom is -0.445 e. The summed E-state index contributed by atoms with van der Waals surface area (Å²) in [6.07, 6.45) is -0.568. The molecule has 0 aliphatic heterocycles. The molecule has 1 aromatic rings. The Labute approximate surface area is 100 Å². The normalized spacial score (nSPS) is 10.4. The van der Waals surface area contributed by atoms with Gasteiger partial charge in [-0.05, 0) is 5.56 Å². The minimum absolute atomic E-state index is 0.174. The Morgan fingerprint density at radius 3 is 2.41 bits per heavy atom. The minimum atomic E-state index is -0.627. The van der Waals surface area contributed by atoms with Crippen molar-refractivity contribution in [3.8, 4) is 0 Å². The summed E-state index contributed by atoms with van der Waals surface area (Å²) in [5, 5.41) is 17.8. The number of carbonyl (C=O) groups excluding carboxylic acids is 1. The molecule has 0 heterocycles. The highest BCUT2D eigenvalue weighted by molar-refractivity contribution is 5.67. The van der Waals surface area contributed by atoms with Crippen molar-refractivity contribution in [2.24, 2.45) is 0 Å². The molecule has 94 valence electrons. The molecule has 2 N–H and O–H groups in total. The Kier molecular flexibility index (Phi) is 5.45. The van der Waals surface area contributed by atoms with E-state index in [4.69, 9.17) is 14.9 Å². The van der Waals surface area contributed by atoms with Gasteiger partial charge in [-0.2, -0.15) is 0 Å². The Morgan fingerprint density at radius 1 is 1.29 bits per heavy atom. The van der Waals surface area contributed by atoms with Crippen LogP contribution in [0.25, 0.3) is 0 Å². The van der Waals surface area contributed by atoms with Crippen LogP contribution in [-0.2, 0) is 11.3 Å². The zero-order chi connectivity index (χ0) is 12.7. The standard InChI is InChI=1S/C12H17NO4/c1-13(11(7-14)8-15)12(16)17-9-10-5-3-2-4-6-10/h2-6,11,14-15H,7-9H2,1H3. The molecule has 1 aromatic carbocycles. The maximum atomic E-state index is 11.6. The van der Waals surface area contributed by atoms with Gasteiger partial charge in [0, 0.05) is 7.05 Å². The van der Waals surface area contributed by atoms with Gasteiger partial charge in [0.2, 0.25) is 0 Å². The lowest BCUT2D eigenvalue weighted by atomic mass is 10.2. The molecule has 0 aromatic heterocycles. The second-order valence-corrected chi connectivity index (χ2v) is 3.67. The summed E-state index contributed by atoms with van der Waals surface area (Å²) >= 11 is 0. The van der Waals surface area contributed by atoms with Crippen molar-refractivity contribution in [1.82, 2.24) is 4.90 Å². The number of ether oxygens (including phenoxy) is 1. The Bertz CT molecular complexity index is 338. The summed E-state index contributed by atoms with van der Waals surface area (Å²) in [6, 6.07) is 8.67. The largest absolute Gasteiger partial charge is 0.445 e. The molecular formula is C12H17NO4. The number of amides is 1. The van der Waals surface area contributed by atoms with Crippen LogP contribution in [-0.4, -0.2) is 47.5 Å². The zero-order valence-electron chi connectivity index (χ0n) is 9.74. The van der Waals surface area contributed by atoms with Crippen LogP contribution in [0, 0.1) is 0 Å². The lowest BCUT2D eigenvalue weighted by Gasteiger charge is -2.24. The van der Waals surface area contributed by atoms with Crippen molar-refractivity contribution < 1.29 is 19.7 Å². The molecule has 0 spiro atoms. The predicted molar refractivity (Wildman–Crippen MR) is 62.3 cm³/mol. The smallest absolute Gasteiger partial charge is 0.410 e. The fraction of sp³-hybridized carbons (Fsp3) is 0.417. The van der Waals surface area contributed by atoms with E-state index in [0.717, 1.165) is 5.56 Å². The number of likely N-dealkylation sites (N-methyl/N-ethyl adjacent to an activating group) is 1. The van der Waals surface area contributed by atoms with Gasteiger partial charge in [-0.1, -0.05) is 30.3 Å². The van der Waals surface area contributed by atoms with Gasteiger partial charge in [0.05, 0.1) is 19.3 Å². The van der Waals surface area contributed by atoms with Gasteiger partial charge in [-0.15, -0.1) is 0 Å². The van der Waals surface area contributed by atoms with E-state index in [1.54, 1.807) is 0 Å². The van der Waals surface area contributed by atoms with Crippen LogP contribution in [0.15, 0.2) is 30.3 Å². The highest BCUT2D eigenvalue weighted by atomic mass is 16.6. The summed E-state index contributed by atoms with van der Waals surface area (Å²) in [5.41, 5.74) is 0.888. The number of rotatable bonds is 5. The van der Waals surface area contributed by atoms with E-state index < -0.39 is 12.1 Å². The van der Waals surface area contributed by atoms with Crippen LogP contribution in [0.3, 0.4) is 0 Å². The number of aliphatic hydroxyl groups excluding tert-OH is 2. The number of hydrogen-bond donors (Lipinski definition) is 2. The molecule has 5 nitrogen and oxygen atoms in total. The molecule has 1 amide bonds. The molecule has 1 rings (SSSR count). The molecule has 0 aliphatic rings. The second kappa shape index (κ2) is 6.88. The quantitative estimate of drug-likeness (QED) is 0.789. The molecule has 5 heteroatoms. The van der Waals surface area contributed by atoms with Crippen molar-refractivity contribution >= 4 is 6.09 Å². The maximum Gasteiger partial charge on any atom is 0.410 e. The van der Waals surface area contributed by atoms with Gasteiger partial charge in [0.1, 0.15) is 6.61 Å². The topological polar surface area (TPSA) is 70.0 Å². The molecule has 0 saturated heterocycles. The van der Waals surface area contributed by atoms with Gasteiger partial charge in [0.25, 0.3) is 0 Å². The SMILES string of the molecule is CN(C(=O)OCc1ccccc1)C(CO)CO. The van der Waals surface area contributed by atoms with Gasteiger partial charge >= 0.3 is 6.09 Å². The molecule has 0 unspecified atom stereocenters. The van der Waals surface area contributed by atoms with Crippen molar-refractivity contribution in [3.05, 3.63) is 35.9 Å². The first-order valence-electron chi connectivity index (χ1n) is 5.34. The molecular weight excluding hydrogens is 222 g/mol. The van der Waals surface area contributed by atoms with Gasteiger partial charge in [-0.25, -0.2) is 4.79 Å². The first kappa shape index (κ1) is 13.5. The molecule has 0 fully saturated rings. The van der Waals surface area contributed by atoms with E-state index in [2.05, 4.69) is 0 Å². The van der Waals surface area contributed by atoms with Gasteiger partial charge in [-0.3, -0.25) is 0 Å². The van der Waals surface area contributed by atoms with E-state index in [1.165, 1.54) is 11.9 Å². The van der Waals surface area contributed by atoms with Crippen LogP contribution in [0.2, 0.25) is 0 Å². The van der Waals surface area contributed by atoms with E-state index in [0.29, 0.717) is 0 Å². The highest BCUT2D eigenvalue weighted by Crippen LogP contribution is 2.04. The first-order valence-corrected chi connectivity index (χ1v) is 5.34. The molecule has 0 saturated carbocycles. The number of carbonyl (C=O) groups is 1. The first-order chi connectivity index (χ1) is 8.19. The summed E-state index contributed by atoms with van der Waals surface area (Å²) in [4.78, 5) is 12.7. The monoisotopic (exact) mass is 239 g/mol. The third-order valence-electron chi connectivity index (χ3n) is 2.46. The number of nitrogens with zero attached hydrogens (tertiary/aromatic N) is 1. The average Bonchev–Trinajstić information content (AvgIpc) is 2.38. The van der Waals surface area contributed by atoms with E-state index in [-0.39, 0.29) is 19.8 Å². The number of benzene rings is 1. The Morgan fingerprint density at radius 2 is 1.88 bits per heavy atom. The Balaban J connectivity index is 2.44. The second-order valence-electron chi connectivity index (χ2n) is 3.67. The Hall–Kier alpha value is -1.59. The van der Waals surface area contributed by atoms with Gasteiger partial charge < -0.3 is 19.8 Å². The molecule has 0 aliphatic carbocycles. The summed E-state index contributed by atoms with van der Waals surface area (Å²) in [6.45, 7) is -0.422. The van der Waals surface area contributed by atoms with Crippen LogP contribution in [0.1, 0.15) is 5.56 Å². The van der Waals surface area contributed by atoms with E-state index in [9.17, 15) is 4.79 Å². The third-order valence-corrected chi connectivity index (χ3v) is 2.46.